The predicted octanol–water partition coefficient (Wildman–Crippen LogP) is 2.64. The lowest BCUT2D eigenvalue weighted by molar-refractivity contribution is -0.146. The number of rotatable bonds is 1. The molecule has 2 aliphatic carbocycles. The molecule has 114 valence electrons. The Hall–Kier alpha value is -1.58. The Kier molecular flexibility index (Phi) is 3.42. The van der Waals surface area contributed by atoms with Gasteiger partial charge in [-0.3, -0.25) is 9.59 Å². The minimum absolute atomic E-state index is 0.0447. The van der Waals surface area contributed by atoms with Crippen LogP contribution in [0.15, 0.2) is 24.3 Å². The molecule has 21 heavy (non-hydrogen) atoms. The molecule has 1 heterocycles. The first kappa shape index (κ1) is 14.4. The molecule has 1 aliphatic heterocycles. The van der Waals surface area contributed by atoms with Crippen LogP contribution in [0.2, 0.25) is 0 Å². The van der Waals surface area contributed by atoms with Gasteiger partial charge in [0.2, 0.25) is 0 Å². The van der Waals surface area contributed by atoms with Gasteiger partial charge >= 0.3 is 11.9 Å². The molecule has 0 amide bonds. The van der Waals surface area contributed by atoms with E-state index < -0.39 is 0 Å². The number of carbonyl (C=O) groups excluding carboxylic acids is 2. The first-order valence-corrected chi connectivity index (χ1v) is 7.64. The Bertz CT molecular complexity index is 521. The molecule has 3 aliphatic rings. The van der Waals surface area contributed by atoms with E-state index in [1.165, 1.54) is 12.5 Å². The van der Waals surface area contributed by atoms with Crippen LogP contribution in [0.5, 0.6) is 0 Å². The topological polar surface area (TPSA) is 52.6 Å². The fourth-order valence-corrected chi connectivity index (χ4v) is 4.27. The maximum absolute atomic E-state index is 11.9. The number of fused-ring (bicyclic) bond motifs is 3. The lowest BCUT2D eigenvalue weighted by atomic mass is 9.80. The van der Waals surface area contributed by atoms with E-state index in [0.717, 1.165) is 24.8 Å². The van der Waals surface area contributed by atoms with Gasteiger partial charge in [0.25, 0.3) is 0 Å². The second kappa shape index (κ2) is 5.00. The SMILES string of the molecule is C=C1[C@@H]2[C@H]3OC(=O)[C@@H](C)[C@H]3CCC(=C)[C@@H]2C[C@@H]1OC(C)=O. The van der Waals surface area contributed by atoms with Crippen molar-refractivity contribution in [1.82, 2.24) is 0 Å². The zero-order valence-corrected chi connectivity index (χ0v) is 12.6. The Balaban J connectivity index is 1.91. The van der Waals surface area contributed by atoms with E-state index in [9.17, 15) is 9.59 Å². The molecule has 0 unspecified atom stereocenters. The van der Waals surface area contributed by atoms with Gasteiger partial charge in [-0.2, -0.15) is 0 Å². The molecule has 1 saturated heterocycles. The second-order valence-corrected chi connectivity index (χ2v) is 6.59. The van der Waals surface area contributed by atoms with Gasteiger partial charge in [-0.15, -0.1) is 0 Å². The molecule has 0 aromatic rings. The van der Waals surface area contributed by atoms with Crippen molar-refractivity contribution in [3.05, 3.63) is 24.3 Å². The standard InChI is InChI=1S/C17H22O4/c1-8-5-6-12-9(2)17(19)21-16(12)15-10(3)14(7-13(8)15)20-11(4)18/h9,12-16H,1,3,5-7H2,2,4H3/t9-,12+,13-,14-,15-,16-/m0/s1. The van der Waals surface area contributed by atoms with Gasteiger partial charge in [-0.1, -0.05) is 25.7 Å². The van der Waals surface area contributed by atoms with Crippen molar-refractivity contribution < 1.29 is 19.1 Å². The van der Waals surface area contributed by atoms with Crippen molar-refractivity contribution in [3.63, 3.8) is 0 Å². The number of esters is 2. The van der Waals surface area contributed by atoms with E-state index in [-0.39, 0.29) is 47.8 Å². The number of hydrogen-bond acceptors (Lipinski definition) is 4. The molecule has 4 heteroatoms. The highest BCUT2D eigenvalue weighted by atomic mass is 16.6. The zero-order valence-electron chi connectivity index (χ0n) is 12.6. The van der Waals surface area contributed by atoms with Crippen molar-refractivity contribution in [1.29, 1.82) is 0 Å². The molecular formula is C17H22O4. The summed E-state index contributed by atoms with van der Waals surface area (Å²) in [7, 11) is 0. The van der Waals surface area contributed by atoms with Crippen molar-refractivity contribution in [2.75, 3.05) is 0 Å². The summed E-state index contributed by atoms with van der Waals surface area (Å²) in [6.07, 6.45) is 2.16. The Morgan fingerprint density at radius 1 is 1.38 bits per heavy atom. The van der Waals surface area contributed by atoms with Crippen molar-refractivity contribution in [2.45, 2.75) is 45.3 Å². The number of ether oxygens (including phenoxy) is 2. The Labute approximate surface area is 125 Å². The lowest BCUT2D eigenvalue weighted by Gasteiger charge is -2.26. The van der Waals surface area contributed by atoms with E-state index in [1.54, 1.807) is 0 Å². The van der Waals surface area contributed by atoms with E-state index in [2.05, 4.69) is 13.2 Å². The van der Waals surface area contributed by atoms with Crippen molar-refractivity contribution >= 4 is 11.9 Å². The van der Waals surface area contributed by atoms with Crippen LogP contribution in [0.3, 0.4) is 0 Å². The highest BCUT2D eigenvalue weighted by Gasteiger charge is 2.54. The van der Waals surface area contributed by atoms with Crippen LogP contribution < -0.4 is 0 Å². The number of hydrogen-bond donors (Lipinski definition) is 0. The molecule has 0 aromatic carbocycles. The molecule has 0 bridgehead atoms. The van der Waals surface area contributed by atoms with Crippen LogP contribution in [-0.4, -0.2) is 24.1 Å². The molecule has 0 N–H and O–H groups in total. The molecule has 3 fully saturated rings. The van der Waals surface area contributed by atoms with Crippen molar-refractivity contribution in [3.8, 4) is 0 Å². The van der Waals surface area contributed by atoms with E-state index in [4.69, 9.17) is 9.47 Å². The Morgan fingerprint density at radius 2 is 2.10 bits per heavy atom. The summed E-state index contributed by atoms with van der Waals surface area (Å²) in [4.78, 5) is 23.2. The van der Waals surface area contributed by atoms with Crippen LogP contribution in [0.1, 0.15) is 33.1 Å². The molecule has 4 nitrogen and oxygen atoms in total. The third-order valence-corrected chi connectivity index (χ3v) is 5.42. The molecule has 0 spiro atoms. The molecule has 6 atom stereocenters. The average Bonchev–Trinajstić information content (AvgIpc) is 2.81. The largest absolute Gasteiger partial charge is 0.461 e. The first-order valence-electron chi connectivity index (χ1n) is 7.64. The van der Waals surface area contributed by atoms with Crippen LogP contribution in [0.4, 0.5) is 0 Å². The third-order valence-electron chi connectivity index (χ3n) is 5.42. The summed E-state index contributed by atoms with van der Waals surface area (Å²) in [5.74, 6) is -0.00559. The average molecular weight is 290 g/mol. The molecule has 0 aromatic heterocycles. The summed E-state index contributed by atoms with van der Waals surface area (Å²) in [5, 5.41) is 0. The quantitative estimate of drug-likeness (QED) is 0.550. The Morgan fingerprint density at radius 3 is 2.76 bits per heavy atom. The smallest absolute Gasteiger partial charge is 0.309 e. The maximum Gasteiger partial charge on any atom is 0.309 e. The molecule has 2 saturated carbocycles. The summed E-state index contributed by atoms with van der Waals surface area (Å²) < 4.78 is 11.0. The minimum atomic E-state index is -0.295. The van der Waals surface area contributed by atoms with Crippen molar-refractivity contribution in [2.24, 2.45) is 23.7 Å². The summed E-state index contributed by atoms with van der Waals surface area (Å²) in [6.45, 7) is 11.7. The maximum atomic E-state index is 11.9. The van der Waals surface area contributed by atoms with Crippen LogP contribution in [0, 0.1) is 23.7 Å². The van der Waals surface area contributed by atoms with Gasteiger partial charge < -0.3 is 9.47 Å². The van der Waals surface area contributed by atoms with Gasteiger partial charge in [-0.25, -0.2) is 0 Å². The lowest BCUT2D eigenvalue weighted by Crippen LogP contribution is -2.30. The first-order chi connectivity index (χ1) is 9.90. The number of carbonyl (C=O) groups is 2. The summed E-state index contributed by atoms with van der Waals surface area (Å²) in [6, 6.07) is 0. The highest BCUT2D eigenvalue weighted by Crippen LogP contribution is 2.52. The third kappa shape index (κ3) is 2.21. The van der Waals surface area contributed by atoms with E-state index >= 15 is 0 Å². The van der Waals surface area contributed by atoms with Gasteiger partial charge in [-0.05, 0) is 30.8 Å². The highest BCUT2D eigenvalue weighted by molar-refractivity contribution is 5.75. The van der Waals surface area contributed by atoms with Gasteiger partial charge in [0.15, 0.2) is 0 Å². The summed E-state index contributed by atoms with van der Waals surface area (Å²) >= 11 is 0. The van der Waals surface area contributed by atoms with Crippen LogP contribution in [0.25, 0.3) is 0 Å². The molecule has 0 radical (unpaired) electrons. The second-order valence-electron chi connectivity index (χ2n) is 6.59. The zero-order chi connectivity index (χ0) is 15.3. The van der Waals surface area contributed by atoms with Gasteiger partial charge in [0.1, 0.15) is 12.2 Å². The monoisotopic (exact) mass is 290 g/mol. The fourth-order valence-electron chi connectivity index (χ4n) is 4.27. The molecular weight excluding hydrogens is 268 g/mol. The van der Waals surface area contributed by atoms with Gasteiger partial charge in [0.05, 0.1) is 5.92 Å². The van der Waals surface area contributed by atoms with Crippen LogP contribution in [-0.2, 0) is 19.1 Å². The molecule has 3 rings (SSSR count). The van der Waals surface area contributed by atoms with Crippen LogP contribution >= 0.6 is 0 Å². The van der Waals surface area contributed by atoms with Gasteiger partial charge in [0, 0.05) is 18.8 Å². The minimum Gasteiger partial charge on any atom is -0.461 e. The summed E-state index contributed by atoms with van der Waals surface area (Å²) in [5.41, 5.74) is 2.06. The van der Waals surface area contributed by atoms with E-state index in [0.29, 0.717) is 0 Å². The number of allylic oxidation sites excluding steroid dienone is 1. The van der Waals surface area contributed by atoms with E-state index in [1.807, 2.05) is 6.92 Å². The fraction of sp³-hybridized carbons (Fsp3) is 0.647. The normalized spacial score (nSPS) is 42.1. The predicted molar refractivity (Wildman–Crippen MR) is 77.2 cm³/mol.